The molecule has 3 N–H and O–H groups in total. The van der Waals surface area contributed by atoms with Gasteiger partial charge >= 0.3 is 12.2 Å². The highest BCUT2D eigenvalue weighted by Crippen LogP contribution is 2.29. The van der Waals surface area contributed by atoms with Crippen molar-refractivity contribution in [2.24, 2.45) is 0 Å². The van der Waals surface area contributed by atoms with Crippen molar-refractivity contribution in [2.45, 2.75) is 96.2 Å². The molecular weight excluding hydrogens is 673 g/mol. The number of benzene rings is 4. The fraction of sp³-hybridized carbons (Fsp3) is 0.435. The van der Waals surface area contributed by atoms with Crippen molar-refractivity contribution in [1.29, 1.82) is 0 Å². The Bertz CT molecular complexity index is 1660. The minimum absolute atomic E-state index is 0.0318. The molecule has 0 radical (unpaired) electrons. The van der Waals surface area contributed by atoms with Crippen LogP contribution in [0.25, 0.3) is 22.3 Å². The number of nitrogens with zero attached hydrogens (tertiary/aromatic N) is 1. The Morgan fingerprint density at radius 2 is 1.13 bits per heavy atom. The fourth-order valence-electron chi connectivity index (χ4n) is 7.14. The van der Waals surface area contributed by atoms with Gasteiger partial charge in [-0.25, -0.2) is 9.59 Å². The molecule has 0 saturated carbocycles. The quantitative estimate of drug-likeness (QED) is 0.0739. The van der Waals surface area contributed by atoms with Gasteiger partial charge in [0.1, 0.15) is 12.2 Å². The highest BCUT2D eigenvalue weighted by Gasteiger charge is 2.22. The molecule has 1 atom stereocenters. The summed E-state index contributed by atoms with van der Waals surface area (Å²) in [6.07, 6.45) is 12.6. The van der Waals surface area contributed by atoms with Crippen LogP contribution in [-0.2, 0) is 9.47 Å². The lowest BCUT2D eigenvalue weighted by atomic mass is 10.0. The molecule has 288 valence electrons. The van der Waals surface area contributed by atoms with Crippen LogP contribution in [0.2, 0.25) is 0 Å². The van der Waals surface area contributed by atoms with Gasteiger partial charge in [0.25, 0.3) is 0 Å². The zero-order valence-electron chi connectivity index (χ0n) is 32.1. The predicted molar refractivity (Wildman–Crippen MR) is 222 cm³/mol. The van der Waals surface area contributed by atoms with E-state index in [2.05, 4.69) is 27.8 Å². The van der Waals surface area contributed by atoms with Gasteiger partial charge in [0, 0.05) is 24.2 Å². The highest BCUT2D eigenvalue weighted by atomic mass is 16.6. The molecule has 8 heteroatoms. The second-order valence-corrected chi connectivity index (χ2v) is 14.3. The van der Waals surface area contributed by atoms with Gasteiger partial charge in [0.2, 0.25) is 0 Å². The van der Waals surface area contributed by atoms with Crippen LogP contribution in [0.4, 0.5) is 21.0 Å². The first-order chi connectivity index (χ1) is 26.6. The second kappa shape index (κ2) is 23.2. The minimum atomic E-state index is -0.402. The van der Waals surface area contributed by atoms with Crippen LogP contribution < -0.4 is 16.0 Å². The number of nitrogens with one attached hydrogen (secondary N) is 3. The lowest BCUT2D eigenvalue weighted by molar-refractivity contribution is 0.0584. The first-order valence-electron chi connectivity index (χ1n) is 20.3. The molecule has 1 aliphatic rings. The maximum Gasteiger partial charge on any atom is 0.411 e. The van der Waals surface area contributed by atoms with Crippen molar-refractivity contribution in [3.8, 4) is 22.3 Å². The van der Waals surface area contributed by atoms with E-state index >= 15 is 0 Å². The number of ether oxygens (including phenoxy) is 2. The van der Waals surface area contributed by atoms with Gasteiger partial charge in [0.15, 0.2) is 0 Å². The van der Waals surface area contributed by atoms with Crippen LogP contribution in [0.3, 0.4) is 0 Å². The second-order valence-electron chi connectivity index (χ2n) is 14.3. The summed E-state index contributed by atoms with van der Waals surface area (Å²) < 4.78 is 11.6. The molecule has 8 nitrogen and oxygen atoms in total. The number of amides is 2. The number of unbranched alkanes of at least 4 members (excludes halogenated alkanes) is 7. The van der Waals surface area contributed by atoms with E-state index in [9.17, 15) is 9.59 Å². The number of carbonyl (C=O) groups excluding carboxylic acids is 2. The van der Waals surface area contributed by atoms with Crippen LogP contribution in [0.1, 0.15) is 84.0 Å². The van der Waals surface area contributed by atoms with E-state index in [4.69, 9.17) is 9.47 Å². The summed E-state index contributed by atoms with van der Waals surface area (Å²) in [6.45, 7) is 7.01. The SMILES string of the molecule is CCC(CCNCCCCCCCCCCN1CCC(OC(=O)Nc2ccccc2-c2ccccc2)CC1)OC(=O)Nc1ccccc1-c1ccccc1. The van der Waals surface area contributed by atoms with Crippen LogP contribution in [0.5, 0.6) is 0 Å². The van der Waals surface area contributed by atoms with Gasteiger partial charge in [-0.15, -0.1) is 0 Å². The standard InChI is InChI=1S/C46H60N4O4/c1-2-39(53-45(51)48-43-27-17-15-25-41(43)37-21-11-9-12-22-37)29-33-47-32-19-7-5-3-4-6-8-20-34-50-35-30-40(31-36-50)54-46(52)49-44-28-18-16-26-42(44)38-23-13-10-14-24-38/h9-18,21-28,39-40,47H,2-8,19-20,29-36H2,1H3,(H,48,51)(H,49,52). The van der Waals surface area contributed by atoms with Crippen molar-refractivity contribution in [3.63, 3.8) is 0 Å². The molecule has 1 heterocycles. The summed E-state index contributed by atoms with van der Waals surface area (Å²) in [6, 6.07) is 35.8. The van der Waals surface area contributed by atoms with Crippen molar-refractivity contribution in [1.82, 2.24) is 10.2 Å². The smallest absolute Gasteiger partial charge is 0.411 e. The largest absolute Gasteiger partial charge is 0.446 e. The summed E-state index contributed by atoms with van der Waals surface area (Å²) in [5.41, 5.74) is 5.62. The number of rotatable bonds is 21. The van der Waals surface area contributed by atoms with Crippen molar-refractivity contribution < 1.29 is 19.1 Å². The number of anilines is 2. The number of para-hydroxylation sites is 2. The highest BCUT2D eigenvalue weighted by molar-refractivity contribution is 5.92. The zero-order chi connectivity index (χ0) is 37.6. The Morgan fingerprint density at radius 1 is 0.630 bits per heavy atom. The van der Waals surface area contributed by atoms with E-state index in [0.29, 0.717) is 0 Å². The summed E-state index contributed by atoms with van der Waals surface area (Å²) in [5.74, 6) is 0. The Hall–Kier alpha value is -4.66. The maximum atomic E-state index is 12.7. The lowest BCUT2D eigenvalue weighted by Gasteiger charge is -2.31. The fourth-order valence-corrected chi connectivity index (χ4v) is 7.14. The minimum Gasteiger partial charge on any atom is -0.446 e. The molecule has 1 saturated heterocycles. The molecule has 0 aliphatic carbocycles. The summed E-state index contributed by atoms with van der Waals surface area (Å²) in [7, 11) is 0. The van der Waals surface area contributed by atoms with Crippen LogP contribution in [0, 0.1) is 0 Å². The number of hydrogen-bond donors (Lipinski definition) is 3. The third-order valence-corrected chi connectivity index (χ3v) is 10.3. The van der Waals surface area contributed by atoms with E-state index in [1.807, 2.05) is 109 Å². The van der Waals surface area contributed by atoms with E-state index in [-0.39, 0.29) is 18.3 Å². The zero-order valence-corrected chi connectivity index (χ0v) is 32.1. The Kier molecular flexibility index (Phi) is 17.4. The van der Waals surface area contributed by atoms with E-state index in [0.717, 1.165) is 92.0 Å². The maximum absolute atomic E-state index is 12.7. The van der Waals surface area contributed by atoms with Gasteiger partial charge in [-0.2, -0.15) is 0 Å². The number of carbonyl (C=O) groups is 2. The average Bonchev–Trinajstić information content (AvgIpc) is 3.21. The summed E-state index contributed by atoms with van der Waals surface area (Å²) in [5, 5.41) is 9.46. The first-order valence-corrected chi connectivity index (χ1v) is 20.3. The predicted octanol–water partition coefficient (Wildman–Crippen LogP) is 11.2. The molecule has 4 aromatic rings. The summed E-state index contributed by atoms with van der Waals surface area (Å²) >= 11 is 0. The molecule has 0 spiro atoms. The summed E-state index contributed by atoms with van der Waals surface area (Å²) in [4.78, 5) is 27.9. The normalized spacial score (nSPS) is 13.9. The topological polar surface area (TPSA) is 91.9 Å². The Labute approximate surface area is 323 Å². The number of piperidine rings is 1. The molecule has 2 amide bonds. The van der Waals surface area contributed by atoms with Crippen molar-refractivity contribution in [2.75, 3.05) is 43.4 Å². The van der Waals surface area contributed by atoms with E-state index in [1.54, 1.807) is 0 Å². The van der Waals surface area contributed by atoms with Crippen LogP contribution in [0.15, 0.2) is 109 Å². The van der Waals surface area contributed by atoms with Gasteiger partial charge in [-0.3, -0.25) is 10.6 Å². The number of likely N-dealkylation sites (tertiary alicyclic amines) is 1. The Morgan fingerprint density at radius 3 is 1.70 bits per heavy atom. The van der Waals surface area contributed by atoms with Gasteiger partial charge in [0.05, 0.1) is 11.4 Å². The van der Waals surface area contributed by atoms with Crippen LogP contribution >= 0.6 is 0 Å². The molecule has 1 aliphatic heterocycles. The number of hydrogen-bond acceptors (Lipinski definition) is 6. The third kappa shape index (κ3) is 14.0. The first kappa shape index (κ1) is 40.5. The van der Waals surface area contributed by atoms with E-state index < -0.39 is 6.09 Å². The molecule has 1 unspecified atom stereocenters. The van der Waals surface area contributed by atoms with E-state index in [1.165, 1.54) is 51.4 Å². The van der Waals surface area contributed by atoms with Crippen LogP contribution in [-0.4, -0.2) is 62.0 Å². The molecule has 0 bridgehead atoms. The molecule has 1 fully saturated rings. The molecule has 5 rings (SSSR count). The lowest BCUT2D eigenvalue weighted by Crippen LogP contribution is -2.38. The van der Waals surface area contributed by atoms with Gasteiger partial charge < -0.3 is 19.7 Å². The van der Waals surface area contributed by atoms with Gasteiger partial charge in [-0.05, 0) is 81.4 Å². The molecular formula is C46H60N4O4. The monoisotopic (exact) mass is 732 g/mol. The van der Waals surface area contributed by atoms with Crippen molar-refractivity contribution in [3.05, 3.63) is 109 Å². The molecule has 54 heavy (non-hydrogen) atoms. The van der Waals surface area contributed by atoms with Crippen molar-refractivity contribution >= 4 is 23.6 Å². The third-order valence-electron chi connectivity index (χ3n) is 10.3. The Balaban J connectivity index is 0.827. The molecule has 0 aromatic heterocycles. The average molecular weight is 733 g/mol. The molecule has 4 aromatic carbocycles. The van der Waals surface area contributed by atoms with Gasteiger partial charge in [-0.1, -0.05) is 143 Å².